The molecular weight excluding hydrogens is 248 g/mol. The van der Waals surface area contributed by atoms with Gasteiger partial charge in [-0.05, 0) is 32.3 Å². The molecule has 0 aliphatic carbocycles. The van der Waals surface area contributed by atoms with E-state index >= 15 is 0 Å². The Morgan fingerprint density at radius 2 is 1.78 bits per heavy atom. The Morgan fingerprint density at radius 3 is 2.22 bits per heavy atom. The molecule has 18 heavy (non-hydrogen) atoms. The first-order valence-electron chi connectivity index (χ1n) is 6.25. The van der Waals surface area contributed by atoms with Gasteiger partial charge < -0.3 is 5.11 Å². The summed E-state index contributed by atoms with van der Waals surface area (Å²) in [5.41, 5.74) is -0.113. The van der Waals surface area contributed by atoms with Gasteiger partial charge in [-0.15, -0.1) is 0 Å². The van der Waals surface area contributed by atoms with Crippen LogP contribution in [0.5, 0.6) is 0 Å². The molecule has 0 aromatic heterocycles. The smallest absolute Gasteiger partial charge is 0.157 e. The molecule has 0 saturated carbocycles. The second-order valence-corrected chi connectivity index (χ2v) is 7.54. The highest BCUT2D eigenvalue weighted by Gasteiger charge is 2.27. The molecule has 3 nitrogen and oxygen atoms in total. The minimum atomic E-state index is -3.22. The lowest BCUT2D eigenvalue weighted by atomic mass is 10.1. The Balaban J connectivity index is 2.88. The fourth-order valence-electron chi connectivity index (χ4n) is 1.90. The lowest BCUT2D eigenvalue weighted by Crippen LogP contribution is -2.25. The van der Waals surface area contributed by atoms with Crippen LogP contribution in [0.3, 0.4) is 0 Å². The van der Waals surface area contributed by atoms with E-state index in [-0.39, 0.29) is 12.2 Å². The van der Waals surface area contributed by atoms with Gasteiger partial charge in [-0.1, -0.05) is 37.3 Å². The van der Waals surface area contributed by atoms with Crippen molar-refractivity contribution in [3.63, 3.8) is 0 Å². The van der Waals surface area contributed by atoms with E-state index in [1.54, 1.807) is 13.8 Å². The van der Waals surface area contributed by atoms with Gasteiger partial charge in [-0.25, -0.2) is 8.42 Å². The Morgan fingerprint density at radius 1 is 1.22 bits per heavy atom. The summed E-state index contributed by atoms with van der Waals surface area (Å²) >= 11 is 0. The average molecular weight is 270 g/mol. The lowest BCUT2D eigenvalue weighted by Gasteiger charge is -2.20. The zero-order chi connectivity index (χ0) is 13.8. The molecule has 1 atom stereocenters. The van der Waals surface area contributed by atoms with E-state index in [2.05, 4.69) is 0 Å². The molecule has 0 bridgehead atoms. The van der Waals surface area contributed by atoms with Crippen molar-refractivity contribution in [3.05, 3.63) is 35.9 Å². The van der Waals surface area contributed by atoms with E-state index in [0.717, 1.165) is 5.56 Å². The molecule has 0 radical (unpaired) electrons. The van der Waals surface area contributed by atoms with Crippen molar-refractivity contribution in [2.45, 2.75) is 44.5 Å². The van der Waals surface area contributed by atoms with Crippen molar-refractivity contribution in [2.75, 3.05) is 5.75 Å². The van der Waals surface area contributed by atoms with E-state index < -0.39 is 20.7 Å². The predicted octanol–water partition coefficient (Wildman–Crippen LogP) is 2.71. The highest BCUT2D eigenvalue weighted by molar-refractivity contribution is 7.91. The van der Waals surface area contributed by atoms with Crippen LogP contribution in [0.15, 0.2) is 30.3 Å². The van der Waals surface area contributed by atoms with Crippen LogP contribution in [0, 0.1) is 0 Å². The van der Waals surface area contributed by atoms with Gasteiger partial charge in [0, 0.05) is 0 Å². The van der Waals surface area contributed by atoms with Crippen molar-refractivity contribution in [2.24, 2.45) is 0 Å². The number of rotatable bonds is 6. The normalized spacial score (nSPS) is 14.4. The van der Waals surface area contributed by atoms with E-state index in [1.165, 1.54) is 0 Å². The third kappa shape index (κ3) is 4.42. The van der Waals surface area contributed by atoms with Gasteiger partial charge >= 0.3 is 0 Å². The van der Waals surface area contributed by atoms with Crippen LogP contribution < -0.4 is 0 Å². The molecule has 0 spiro atoms. The zero-order valence-electron chi connectivity index (χ0n) is 11.3. The summed E-state index contributed by atoms with van der Waals surface area (Å²) in [7, 11) is -3.22. The molecule has 1 unspecified atom stereocenters. The van der Waals surface area contributed by atoms with Gasteiger partial charge in [0.2, 0.25) is 0 Å². The molecular formula is C14H22O3S. The summed E-state index contributed by atoms with van der Waals surface area (Å²) < 4.78 is 24.6. The molecule has 0 aliphatic rings. The van der Waals surface area contributed by atoms with Gasteiger partial charge in [0.1, 0.15) is 0 Å². The van der Waals surface area contributed by atoms with Crippen LogP contribution in [0.4, 0.5) is 0 Å². The van der Waals surface area contributed by atoms with Crippen molar-refractivity contribution in [1.29, 1.82) is 0 Å². The summed E-state index contributed by atoms with van der Waals surface area (Å²) in [6, 6.07) is 9.26. The Labute approximate surface area is 110 Å². The molecule has 0 aliphatic heterocycles. The maximum Gasteiger partial charge on any atom is 0.157 e. The molecule has 1 aromatic rings. The Kier molecular flexibility index (Phi) is 4.93. The molecule has 1 rings (SSSR count). The SMILES string of the molecule is CCC(c1ccccc1)S(=O)(=O)CCC(C)(C)O. The number of hydrogen-bond acceptors (Lipinski definition) is 3. The summed E-state index contributed by atoms with van der Waals surface area (Å²) in [4.78, 5) is 0. The van der Waals surface area contributed by atoms with E-state index in [9.17, 15) is 13.5 Å². The maximum absolute atomic E-state index is 12.3. The molecule has 0 heterocycles. The van der Waals surface area contributed by atoms with Crippen LogP contribution in [-0.2, 0) is 9.84 Å². The third-order valence-electron chi connectivity index (χ3n) is 2.97. The number of aliphatic hydroxyl groups is 1. The highest BCUT2D eigenvalue weighted by atomic mass is 32.2. The monoisotopic (exact) mass is 270 g/mol. The first kappa shape index (κ1) is 15.2. The fraction of sp³-hybridized carbons (Fsp3) is 0.571. The molecule has 1 aromatic carbocycles. The Bertz CT molecular complexity index is 458. The second-order valence-electron chi connectivity index (χ2n) is 5.24. The van der Waals surface area contributed by atoms with Gasteiger partial charge in [-0.2, -0.15) is 0 Å². The molecule has 0 saturated heterocycles. The summed E-state index contributed by atoms with van der Waals surface area (Å²) in [6.07, 6.45) is 0.816. The molecule has 102 valence electrons. The largest absolute Gasteiger partial charge is 0.390 e. The number of sulfone groups is 1. The second kappa shape index (κ2) is 5.85. The highest BCUT2D eigenvalue weighted by Crippen LogP contribution is 2.27. The first-order valence-corrected chi connectivity index (χ1v) is 7.97. The van der Waals surface area contributed by atoms with Crippen LogP contribution in [0.2, 0.25) is 0 Å². The minimum absolute atomic E-state index is 0.0178. The molecule has 1 N–H and O–H groups in total. The first-order chi connectivity index (χ1) is 8.26. The summed E-state index contributed by atoms with van der Waals surface area (Å²) in [5.74, 6) is 0.0178. The van der Waals surface area contributed by atoms with Crippen LogP contribution in [0.25, 0.3) is 0 Å². The topological polar surface area (TPSA) is 54.4 Å². The van der Waals surface area contributed by atoms with Gasteiger partial charge in [0.25, 0.3) is 0 Å². The van der Waals surface area contributed by atoms with E-state index in [4.69, 9.17) is 0 Å². The summed E-state index contributed by atoms with van der Waals surface area (Å²) in [6.45, 7) is 5.14. The predicted molar refractivity (Wildman–Crippen MR) is 74.2 cm³/mol. The lowest BCUT2D eigenvalue weighted by molar-refractivity contribution is 0.0771. The zero-order valence-corrected chi connectivity index (χ0v) is 12.1. The quantitative estimate of drug-likeness (QED) is 0.864. The van der Waals surface area contributed by atoms with Crippen molar-refractivity contribution in [3.8, 4) is 0 Å². The van der Waals surface area contributed by atoms with Crippen molar-refractivity contribution >= 4 is 9.84 Å². The molecule has 0 amide bonds. The van der Waals surface area contributed by atoms with E-state index in [0.29, 0.717) is 6.42 Å². The summed E-state index contributed by atoms with van der Waals surface area (Å²) in [5, 5.41) is 9.17. The van der Waals surface area contributed by atoms with Crippen LogP contribution in [0.1, 0.15) is 44.4 Å². The van der Waals surface area contributed by atoms with E-state index in [1.807, 2.05) is 37.3 Å². The van der Waals surface area contributed by atoms with Crippen LogP contribution in [-0.4, -0.2) is 24.9 Å². The molecule has 4 heteroatoms. The van der Waals surface area contributed by atoms with Crippen molar-refractivity contribution in [1.82, 2.24) is 0 Å². The number of hydrogen-bond donors (Lipinski definition) is 1. The van der Waals surface area contributed by atoms with Gasteiger partial charge in [-0.3, -0.25) is 0 Å². The fourth-order valence-corrected chi connectivity index (χ4v) is 4.05. The van der Waals surface area contributed by atoms with Gasteiger partial charge in [0.15, 0.2) is 9.84 Å². The molecule has 0 fully saturated rings. The van der Waals surface area contributed by atoms with Crippen molar-refractivity contribution < 1.29 is 13.5 Å². The third-order valence-corrected chi connectivity index (χ3v) is 5.22. The Hall–Kier alpha value is -0.870. The minimum Gasteiger partial charge on any atom is -0.390 e. The average Bonchev–Trinajstić information content (AvgIpc) is 2.28. The number of benzene rings is 1. The standard InChI is InChI=1S/C14H22O3S/c1-4-13(12-8-6-5-7-9-12)18(16,17)11-10-14(2,3)15/h5-9,13,15H,4,10-11H2,1-3H3. The van der Waals surface area contributed by atoms with Gasteiger partial charge in [0.05, 0.1) is 16.6 Å². The van der Waals surface area contributed by atoms with Crippen LogP contribution >= 0.6 is 0 Å². The maximum atomic E-state index is 12.3.